The fraction of sp³-hybridized carbons (Fsp3) is 0.500. The fourth-order valence-corrected chi connectivity index (χ4v) is 3.23. The molecule has 2 aromatic rings. The lowest BCUT2D eigenvalue weighted by molar-refractivity contribution is 0.414. The van der Waals surface area contributed by atoms with Crippen LogP contribution in [0, 0.1) is 0 Å². The van der Waals surface area contributed by atoms with Gasteiger partial charge in [-0.25, -0.2) is 13.1 Å². The Labute approximate surface area is 132 Å². The quantitative estimate of drug-likeness (QED) is 0.778. The number of nitrogens with zero attached hydrogens (tertiary/aromatic N) is 1. The highest BCUT2D eigenvalue weighted by molar-refractivity contribution is 7.89. The number of nitrogens with one attached hydrogen (secondary N) is 2. The van der Waals surface area contributed by atoms with Crippen LogP contribution in [-0.4, -0.2) is 51.7 Å². The van der Waals surface area contributed by atoms with Crippen molar-refractivity contribution in [3.05, 3.63) is 35.5 Å². The Morgan fingerprint density at radius 1 is 1.23 bits per heavy atom. The van der Waals surface area contributed by atoms with Crippen LogP contribution in [0.5, 0.6) is 0 Å². The molecule has 1 aromatic carbocycles. The molecule has 0 aliphatic heterocycles. The molecule has 0 unspecified atom stereocenters. The van der Waals surface area contributed by atoms with Crippen LogP contribution < -0.4 is 4.72 Å². The van der Waals surface area contributed by atoms with Crippen LogP contribution in [0.1, 0.15) is 17.5 Å². The van der Waals surface area contributed by atoms with Gasteiger partial charge in [0.15, 0.2) is 0 Å². The van der Waals surface area contributed by atoms with Gasteiger partial charge in [0.2, 0.25) is 10.0 Å². The van der Waals surface area contributed by atoms with Gasteiger partial charge in [0, 0.05) is 23.6 Å². The predicted octanol–water partition coefficient (Wildman–Crippen LogP) is 1.75. The molecule has 0 saturated carbocycles. The number of H-pyrrole nitrogens is 1. The van der Waals surface area contributed by atoms with Gasteiger partial charge in [-0.05, 0) is 63.7 Å². The molecule has 0 bridgehead atoms. The highest BCUT2D eigenvalue weighted by Crippen LogP contribution is 2.21. The Morgan fingerprint density at radius 2 is 2.00 bits per heavy atom. The van der Waals surface area contributed by atoms with Gasteiger partial charge < -0.3 is 9.88 Å². The minimum Gasteiger partial charge on any atom is -0.361 e. The molecule has 2 N–H and O–H groups in total. The standard InChI is InChI=1S/C16H25N3O2S/c1-17-22(20,21)10-4-5-13-6-7-16-15(11-13)14(12-18-16)8-9-19(2)3/h6-7,11-12,17-18H,4-5,8-10H2,1-3H3. The fourth-order valence-electron chi connectivity index (χ4n) is 2.50. The third kappa shape index (κ3) is 4.56. The molecule has 0 aliphatic carbocycles. The van der Waals surface area contributed by atoms with E-state index in [-0.39, 0.29) is 5.75 Å². The molecule has 0 radical (unpaired) electrons. The zero-order chi connectivity index (χ0) is 16.2. The molecule has 0 saturated heterocycles. The van der Waals surface area contributed by atoms with Gasteiger partial charge in [0.25, 0.3) is 0 Å². The van der Waals surface area contributed by atoms with E-state index in [9.17, 15) is 8.42 Å². The second-order valence-corrected chi connectivity index (χ2v) is 7.92. The topological polar surface area (TPSA) is 65.2 Å². The third-order valence-corrected chi connectivity index (χ3v) is 5.30. The largest absolute Gasteiger partial charge is 0.361 e. The van der Waals surface area contributed by atoms with E-state index < -0.39 is 10.0 Å². The number of sulfonamides is 1. The first kappa shape index (κ1) is 17.0. The van der Waals surface area contributed by atoms with Crippen LogP contribution in [0.3, 0.4) is 0 Å². The molecule has 2 rings (SSSR count). The Balaban J connectivity index is 2.07. The molecule has 1 aromatic heterocycles. The summed E-state index contributed by atoms with van der Waals surface area (Å²) in [5.41, 5.74) is 3.64. The van der Waals surface area contributed by atoms with E-state index in [1.165, 1.54) is 23.6 Å². The Bertz CT molecular complexity index is 720. The lowest BCUT2D eigenvalue weighted by atomic mass is 10.0. The van der Waals surface area contributed by atoms with Crippen LogP contribution >= 0.6 is 0 Å². The van der Waals surface area contributed by atoms with Gasteiger partial charge in [0.05, 0.1) is 5.75 Å². The van der Waals surface area contributed by atoms with E-state index in [4.69, 9.17) is 0 Å². The van der Waals surface area contributed by atoms with Gasteiger partial charge in [-0.15, -0.1) is 0 Å². The van der Waals surface area contributed by atoms with Crippen LogP contribution in [0.15, 0.2) is 24.4 Å². The lowest BCUT2D eigenvalue weighted by Gasteiger charge is -2.08. The molecular weight excluding hydrogens is 298 g/mol. The minimum atomic E-state index is -3.11. The molecular formula is C16H25N3O2S. The monoisotopic (exact) mass is 323 g/mol. The molecule has 122 valence electrons. The van der Waals surface area contributed by atoms with Gasteiger partial charge in [0.1, 0.15) is 0 Å². The molecule has 0 atom stereocenters. The minimum absolute atomic E-state index is 0.169. The van der Waals surface area contributed by atoms with Crippen molar-refractivity contribution < 1.29 is 8.42 Å². The van der Waals surface area contributed by atoms with Gasteiger partial charge in [-0.3, -0.25) is 0 Å². The smallest absolute Gasteiger partial charge is 0.211 e. The molecule has 0 spiro atoms. The Morgan fingerprint density at radius 3 is 2.68 bits per heavy atom. The first-order valence-corrected chi connectivity index (χ1v) is 9.21. The number of hydrogen-bond acceptors (Lipinski definition) is 3. The van der Waals surface area contributed by atoms with Crippen molar-refractivity contribution >= 4 is 20.9 Å². The summed E-state index contributed by atoms with van der Waals surface area (Å²) in [6.07, 6.45) is 4.48. The molecule has 0 aliphatic rings. The normalized spacial score (nSPS) is 12.4. The Hall–Kier alpha value is -1.37. The molecule has 22 heavy (non-hydrogen) atoms. The van der Waals surface area contributed by atoms with Crippen LogP contribution in [0.2, 0.25) is 0 Å². The number of rotatable bonds is 8. The van der Waals surface area contributed by atoms with E-state index in [1.54, 1.807) is 0 Å². The summed E-state index contributed by atoms with van der Waals surface area (Å²) in [5, 5.41) is 1.25. The summed E-state index contributed by atoms with van der Waals surface area (Å²) in [5.74, 6) is 0.169. The zero-order valence-corrected chi connectivity index (χ0v) is 14.3. The maximum absolute atomic E-state index is 11.4. The van der Waals surface area contributed by atoms with Crippen LogP contribution in [-0.2, 0) is 22.9 Å². The average molecular weight is 323 g/mol. The number of hydrogen-bond donors (Lipinski definition) is 2. The van der Waals surface area contributed by atoms with Gasteiger partial charge >= 0.3 is 0 Å². The van der Waals surface area contributed by atoms with Crippen molar-refractivity contribution in [2.75, 3.05) is 33.4 Å². The van der Waals surface area contributed by atoms with E-state index in [0.29, 0.717) is 6.42 Å². The number of benzene rings is 1. The maximum Gasteiger partial charge on any atom is 0.211 e. The summed E-state index contributed by atoms with van der Waals surface area (Å²) in [6.45, 7) is 1.01. The van der Waals surface area contributed by atoms with Crippen molar-refractivity contribution in [3.8, 4) is 0 Å². The second-order valence-electron chi connectivity index (χ2n) is 5.87. The van der Waals surface area contributed by atoms with Crippen LogP contribution in [0.4, 0.5) is 0 Å². The molecule has 5 nitrogen and oxygen atoms in total. The predicted molar refractivity (Wildman–Crippen MR) is 91.7 cm³/mol. The van der Waals surface area contributed by atoms with Crippen molar-refractivity contribution in [3.63, 3.8) is 0 Å². The summed E-state index contributed by atoms with van der Waals surface area (Å²) >= 11 is 0. The Kier molecular flexibility index (Phi) is 5.61. The van der Waals surface area contributed by atoms with Crippen molar-refractivity contribution in [2.24, 2.45) is 0 Å². The summed E-state index contributed by atoms with van der Waals surface area (Å²) in [7, 11) is 2.49. The summed E-state index contributed by atoms with van der Waals surface area (Å²) < 4.78 is 25.2. The first-order valence-electron chi connectivity index (χ1n) is 7.56. The van der Waals surface area contributed by atoms with E-state index in [1.807, 2.05) is 0 Å². The van der Waals surface area contributed by atoms with E-state index in [2.05, 4.69) is 53.1 Å². The van der Waals surface area contributed by atoms with E-state index >= 15 is 0 Å². The number of aromatic nitrogens is 1. The summed E-state index contributed by atoms with van der Waals surface area (Å²) in [4.78, 5) is 5.48. The highest BCUT2D eigenvalue weighted by Gasteiger charge is 2.08. The summed E-state index contributed by atoms with van der Waals surface area (Å²) in [6, 6.07) is 6.33. The lowest BCUT2D eigenvalue weighted by Crippen LogP contribution is -2.22. The third-order valence-electron chi connectivity index (χ3n) is 3.85. The van der Waals surface area contributed by atoms with Gasteiger partial charge in [-0.2, -0.15) is 0 Å². The first-order chi connectivity index (χ1) is 10.4. The average Bonchev–Trinajstić information content (AvgIpc) is 2.87. The van der Waals surface area contributed by atoms with Crippen molar-refractivity contribution in [1.82, 2.24) is 14.6 Å². The highest BCUT2D eigenvalue weighted by atomic mass is 32.2. The second kappa shape index (κ2) is 7.26. The molecule has 0 amide bonds. The molecule has 6 heteroatoms. The van der Waals surface area contributed by atoms with Gasteiger partial charge in [-0.1, -0.05) is 6.07 Å². The SMILES string of the molecule is CNS(=O)(=O)CCCc1ccc2[nH]cc(CCN(C)C)c2c1. The number of likely N-dealkylation sites (N-methyl/N-ethyl adjacent to an activating group) is 1. The van der Waals surface area contributed by atoms with Crippen LogP contribution in [0.25, 0.3) is 10.9 Å². The zero-order valence-electron chi connectivity index (χ0n) is 13.5. The number of aryl methyl sites for hydroxylation is 1. The van der Waals surface area contributed by atoms with E-state index in [0.717, 1.165) is 24.9 Å². The van der Waals surface area contributed by atoms with Crippen molar-refractivity contribution in [2.45, 2.75) is 19.3 Å². The van der Waals surface area contributed by atoms with Crippen molar-refractivity contribution in [1.29, 1.82) is 0 Å². The molecule has 0 fully saturated rings. The number of fused-ring (bicyclic) bond motifs is 1. The number of aromatic amines is 1. The maximum atomic E-state index is 11.4. The molecule has 1 heterocycles.